The van der Waals surface area contributed by atoms with E-state index in [-0.39, 0.29) is 0 Å². The third kappa shape index (κ3) is 2.10. The Morgan fingerprint density at radius 1 is 1.06 bits per heavy atom. The van der Waals surface area contributed by atoms with Crippen LogP contribution >= 0.6 is 0 Å². The lowest BCUT2D eigenvalue weighted by Gasteiger charge is -2.40. The smallest absolute Gasteiger partial charge is 0.105 e. The molecular weight excluding hydrogens is 194 g/mol. The van der Waals surface area contributed by atoms with Crippen molar-refractivity contribution in [3.8, 4) is 0 Å². The molecule has 0 saturated heterocycles. The van der Waals surface area contributed by atoms with Gasteiger partial charge in [-0.25, -0.2) is 0 Å². The molecule has 1 aromatic rings. The number of rotatable bonds is 4. The second-order valence-electron chi connectivity index (χ2n) is 4.68. The van der Waals surface area contributed by atoms with Crippen molar-refractivity contribution in [3.63, 3.8) is 0 Å². The number of hydrogen-bond acceptors (Lipinski definition) is 0. The first-order valence-corrected chi connectivity index (χ1v) is 5.93. The van der Waals surface area contributed by atoms with Crippen molar-refractivity contribution in [1.29, 1.82) is 0 Å². The molecule has 0 aliphatic carbocycles. The van der Waals surface area contributed by atoms with Gasteiger partial charge >= 0.3 is 0 Å². The molecule has 1 nitrogen and oxygen atoms in total. The number of quaternary nitrogens is 1. The predicted octanol–water partition coefficient (Wildman–Crippen LogP) is 2.93. The Bertz CT molecular complexity index is 382. The van der Waals surface area contributed by atoms with Crippen LogP contribution in [-0.4, -0.2) is 24.1 Å². The molecule has 0 amide bonds. The van der Waals surface area contributed by atoms with Crippen LogP contribution in [0.3, 0.4) is 0 Å². The van der Waals surface area contributed by atoms with Gasteiger partial charge in [0.25, 0.3) is 0 Å². The van der Waals surface area contributed by atoms with Crippen molar-refractivity contribution in [3.05, 3.63) is 60.7 Å². The average Bonchev–Trinajstić information content (AvgIpc) is 2.30. The molecule has 0 N–H and O–H groups in total. The maximum Gasteiger partial charge on any atom is 0.105 e. The van der Waals surface area contributed by atoms with Crippen molar-refractivity contribution >= 4 is 0 Å². The SMILES string of the molecule is C=CC[N+]1(CC=C)CCc2ccccc2C1. The molecule has 0 saturated carbocycles. The summed E-state index contributed by atoms with van der Waals surface area (Å²) in [6.07, 6.45) is 5.26. The third-order valence-corrected chi connectivity index (χ3v) is 3.51. The van der Waals surface area contributed by atoms with Crippen molar-refractivity contribution in [2.75, 3.05) is 19.6 Å². The summed E-state index contributed by atoms with van der Waals surface area (Å²) >= 11 is 0. The highest BCUT2D eigenvalue weighted by molar-refractivity contribution is 5.27. The molecule has 0 unspecified atom stereocenters. The molecule has 0 bridgehead atoms. The summed E-state index contributed by atoms with van der Waals surface area (Å²) in [5, 5.41) is 0. The quantitative estimate of drug-likeness (QED) is 0.534. The Balaban J connectivity index is 2.26. The average molecular weight is 214 g/mol. The third-order valence-electron chi connectivity index (χ3n) is 3.51. The van der Waals surface area contributed by atoms with E-state index < -0.39 is 0 Å². The Morgan fingerprint density at radius 3 is 2.31 bits per heavy atom. The molecule has 1 aliphatic rings. The molecule has 0 atom stereocenters. The van der Waals surface area contributed by atoms with Gasteiger partial charge in [-0.05, 0) is 17.7 Å². The topological polar surface area (TPSA) is 0 Å². The minimum Gasteiger partial charge on any atom is -0.313 e. The van der Waals surface area contributed by atoms with E-state index in [2.05, 4.69) is 37.4 Å². The van der Waals surface area contributed by atoms with E-state index in [1.54, 1.807) is 0 Å². The molecule has 84 valence electrons. The Kier molecular flexibility index (Phi) is 3.25. The van der Waals surface area contributed by atoms with Gasteiger partial charge in [0.15, 0.2) is 0 Å². The van der Waals surface area contributed by atoms with Crippen molar-refractivity contribution in [1.82, 2.24) is 0 Å². The van der Waals surface area contributed by atoms with Crippen molar-refractivity contribution < 1.29 is 4.48 Å². The number of benzene rings is 1. The fourth-order valence-corrected chi connectivity index (χ4v) is 2.69. The van der Waals surface area contributed by atoms with E-state index >= 15 is 0 Å². The molecule has 16 heavy (non-hydrogen) atoms. The molecule has 0 aromatic heterocycles. The lowest BCUT2D eigenvalue weighted by molar-refractivity contribution is -0.932. The summed E-state index contributed by atoms with van der Waals surface area (Å²) in [6.45, 7) is 12.2. The molecule has 0 fully saturated rings. The van der Waals surface area contributed by atoms with Gasteiger partial charge in [0.1, 0.15) is 6.54 Å². The summed E-state index contributed by atoms with van der Waals surface area (Å²) in [6, 6.07) is 8.79. The number of fused-ring (bicyclic) bond motifs is 1. The van der Waals surface area contributed by atoms with E-state index in [9.17, 15) is 0 Å². The molecule has 0 radical (unpaired) electrons. The molecule has 1 aromatic carbocycles. The summed E-state index contributed by atoms with van der Waals surface area (Å²) < 4.78 is 1.09. The molecular formula is C15H20N+. The van der Waals surface area contributed by atoms with Crippen LogP contribution in [-0.2, 0) is 13.0 Å². The van der Waals surface area contributed by atoms with E-state index in [4.69, 9.17) is 0 Å². The number of hydrogen-bond donors (Lipinski definition) is 0. The highest BCUT2D eigenvalue weighted by atomic mass is 15.3. The van der Waals surface area contributed by atoms with Gasteiger partial charge in [-0.1, -0.05) is 37.4 Å². The Labute approximate surface area is 98.3 Å². The zero-order chi connectivity index (χ0) is 11.4. The van der Waals surface area contributed by atoms with E-state index in [0.29, 0.717) is 0 Å². The fraction of sp³-hybridized carbons (Fsp3) is 0.333. The van der Waals surface area contributed by atoms with Crippen LogP contribution < -0.4 is 0 Å². The summed E-state index contributed by atoms with van der Waals surface area (Å²) in [5.41, 5.74) is 3.02. The highest BCUT2D eigenvalue weighted by Crippen LogP contribution is 2.25. The second-order valence-corrected chi connectivity index (χ2v) is 4.68. The summed E-state index contributed by atoms with van der Waals surface area (Å²) in [7, 11) is 0. The van der Waals surface area contributed by atoms with Crippen LogP contribution in [0, 0.1) is 0 Å². The van der Waals surface area contributed by atoms with Crippen LogP contribution in [0.15, 0.2) is 49.6 Å². The van der Waals surface area contributed by atoms with Crippen LogP contribution in [0.4, 0.5) is 0 Å². The Morgan fingerprint density at radius 2 is 1.69 bits per heavy atom. The lowest BCUT2D eigenvalue weighted by atomic mass is 9.97. The normalized spacial score (nSPS) is 17.5. The minimum atomic E-state index is 1.04. The Hall–Kier alpha value is -1.34. The van der Waals surface area contributed by atoms with Gasteiger partial charge in [0.2, 0.25) is 0 Å². The predicted molar refractivity (Wildman–Crippen MR) is 69.1 cm³/mol. The summed E-state index contributed by atoms with van der Waals surface area (Å²) in [5.74, 6) is 0. The largest absolute Gasteiger partial charge is 0.313 e. The van der Waals surface area contributed by atoms with Gasteiger partial charge in [0.05, 0.1) is 19.6 Å². The lowest BCUT2D eigenvalue weighted by Crippen LogP contribution is -2.51. The van der Waals surface area contributed by atoms with Crippen LogP contribution in [0.5, 0.6) is 0 Å². The molecule has 1 heterocycles. The molecule has 1 heteroatoms. The van der Waals surface area contributed by atoms with Gasteiger partial charge in [-0.2, -0.15) is 0 Å². The zero-order valence-electron chi connectivity index (χ0n) is 9.86. The standard InChI is InChI=1S/C15H20N/c1-3-10-16(11-4-2)12-9-14-7-5-6-8-15(14)13-16/h3-8H,1-2,9-13H2/q+1. The molecule has 0 spiro atoms. The first-order valence-electron chi connectivity index (χ1n) is 5.93. The first kappa shape index (κ1) is 11.2. The van der Waals surface area contributed by atoms with Gasteiger partial charge in [0, 0.05) is 12.0 Å². The van der Waals surface area contributed by atoms with E-state index in [1.807, 2.05) is 12.2 Å². The maximum absolute atomic E-state index is 3.89. The van der Waals surface area contributed by atoms with E-state index in [1.165, 1.54) is 24.1 Å². The van der Waals surface area contributed by atoms with Gasteiger partial charge < -0.3 is 4.48 Å². The van der Waals surface area contributed by atoms with Crippen molar-refractivity contribution in [2.45, 2.75) is 13.0 Å². The van der Waals surface area contributed by atoms with Crippen LogP contribution in [0.25, 0.3) is 0 Å². The van der Waals surface area contributed by atoms with Crippen LogP contribution in [0.2, 0.25) is 0 Å². The monoisotopic (exact) mass is 214 g/mol. The fourth-order valence-electron chi connectivity index (χ4n) is 2.69. The first-order chi connectivity index (χ1) is 7.79. The number of nitrogens with zero attached hydrogens (tertiary/aromatic N) is 1. The maximum atomic E-state index is 3.89. The van der Waals surface area contributed by atoms with Gasteiger partial charge in [-0.3, -0.25) is 0 Å². The molecule has 1 aliphatic heterocycles. The summed E-state index contributed by atoms with van der Waals surface area (Å²) in [4.78, 5) is 0. The van der Waals surface area contributed by atoms with Gasteiger partial charge in [-0.15, -0.1) is 0 Å². The van der Waals surface area contributed by atoms with Crippen LogP contribution in [0.1, 0.15) is 11.1 Å². The second kappa shape index (κ2) is 4.67. The highest BCUT2D eigenvalue weighted by Gasteiger charge is 2.29. The molecule has 2 rings (SSSR count). The van der Waals surface area contributed by atoms with Crippen molar-refractivity contribution in [2.24, 2.45) is 0 Å². The zero-order valence-corrected chi connectivity index (χ0v) is 9.86. The van der Waals surface area contributed by atoms with E-state index in [0.717, 1.165) is 24.1 Å². The minimum absolute atomic E-state index is 1.04.